The topological polar surface area (TPSA) is 78.7 Å². The number of carbonyl (C=O) groups excluding carboxylic acids is 2. The maximum Gasteiger partial charge on any atom is 0.229 e. The predicted octanol–water partition coefficient (Wildman–Crippen LogP) is 1.77. The van der Waals surface area contributed by atoms with E-state index in [9.17, 15) is 9.59 Å². The molecule has 0 spiro atoms. The molecule has 1 aromatic rings. The van der Waals surface area contributed by atoms with Crippen LogP contribution in [-0.2, 0) is 9.59 Å². The fraction of sp³-hybridized carbons (Fsp3) is 0.500. The van der Waals surface area contributed by atoms with E-state index >= 15 is 0 Å². The fourth-order valence-electron chi connectivity index (χ4n) is 2.49. The van der Waals surface area contributed by atoms with E-state index in [0.717, 1.165) is 12.1 Å². The first kappa shape index (κ1) is 22.5. The van der Waals surface area contributed by atoms with E-state index in [-0.39, 0.29) is 49.0 Å². The molecule has 1 atom stereocenters. The summed E-state index contributed by atoms with van der Waals surface area (Å²) in [4.78, 5) is 28.1. The molecule has 0 bridgehead atoms. The van der Waals surface area contributed by atoms with Crippen LogP contribution in [0.2, 0.25) is 0 Å². The number of anilines is 2. The molecule has 1 fully saturated rings. The molecular formula is C16H26Cl2N4O2. The summed E-state index contributed by atoms with van der Waals surface area (Å²) in [6.07, 6.45) is 0.278. The van der Waals surface area contributed by atoms with E-state index in [0.29, 0.717) is 24.5 Å². The number of nitrogens with zero attached hydrogens (tertiary/aromatic N) is 2. The number of likely N-dealkylation sites (tertiary alicyclic amines) is 1. The van der Waals surface area contributed by atoms with Crippen LogP contribution in [0.4, 0.5) is 11.4 Å². The Morgan fingerprint density at radius 3 is 2.67 bits per heavy atom. The summed E-state index contributed by atoms with van der Waals surface area (Å²) in [5.41, 5.74) is 8.02. The first-order valence-corrected chi connectivity index (χ1v) is 7.46. The van der Waals surface area contributed by atoms with Gasteiger partial charge in [0, 0.05) is 37.4 Å². The molecule has 1 heterocycles. The van der Waals surface area contributed by atoms with Gasteiger partial charge in [0.1, 0.15) is 0 Å². The standard InChI is InChI=1S/C16H24N4O2.2ClH/c1-11-4-5-13(17)9-14(11)18-16(22)12-8-15(21)20(10-12)7-6-19(2)3;;/h4-5,9,12H,6-8,10,17H2,1-3H3,(H,18,22);2*1H. The lowest BCUT2D eigenvalue weighted by Crippen LogP contribution is -2.34. The zero-order chi connectivity index (χ0) is 16.3. The molecule has 2 amide bonds. The molecule has 0 aliphatic carbocycles. The quantitative estimate of drug-likeness (QED) is 0.767. The summed E-state index contributed by atoms with van der Waals surface area (Å²) in [5.74, 6) is -0.365. The molecule has 136 valence electrons. The zero-order valence-corrected chi connectivity index (χ0v) is 15.9. The van der Waals surface area contributed by atoms with Gasteiger partial charge in [-0.3, -0.25) is 9.59 Å². The molecule has 8 heteroatoms. The van der Waals surface area contributed by atoms with Gasteiger partial charge in [-0.05, 0) is 38.7 Å². The van der Waals surface area contributed by atoms with Crippen LogP contribution in [0, 0.1) is 12.8 Å². The third-order valence-corrected chi connectivity index (χ3v) is 3.92. The Morgan fingerprint density at radius 2 is 2.04 bits per heavy atom. The lowest BCUT2D eigenvalue weighted by atomic mass is 10.1. The van der Waals surface area contributed by atoms with Crippen molar-refractivity contribution in [3.63, 3.8) is 0 Å². The molecular weight excluding hydrogens is 351 g/mol. The van der Waals surface area contributed by atoms with Crippen LogP contribution in [0.25, 0.3) is 0 Å². The molecule has 1 aromatic carbocycles. The van der Waals surface area contributed by atoms with Crippen molar-refractivity contribution in [3.8, 4) is 0 Å². The third-order valence-electron chi connectivity index (χ3n) is 3.92. The van der Waals surface area contributed by atoms with E-state index in [1.807, 2.05) is 32.0 Å². The van der Waals surface area contributed by atoms with Crippen molar-refractivity contribution in [1.82, 2.24) is 9.80 Å². The van der Waals surface area contributed by atoms with Gasteiger partial charge in [-0.15, -0.1) is 24.8 Å². The minimum atomic E-state index is -0.296. The largest absolute Gasteiger partial charge is 0.399 e. The van der Waals surface area contributed by atoms with Gasteiger partial charge in [0.05, 0.1) is 5.92 Å². The second kappa shape index (κ2) is 9.71. The number of hydrogen-bond acceptors (Lipinski definition) is 4. The Balaban J connectivity index is 0.00000264. The highest BCUT2D eigenvalue weighted by atomic mass is 35.5. The summed E-state index contributed by atoms with van der Waals surface area (Å²) < 4.78 is 0. The van der Waals surface area contributed by atoms with Gasteiger partial charge in [0.2, 0.25) is 11.8 Å². The van der Waals surface area contributed by atoms with Gasteiger partial charge in [-0.25, -0.2) is 0 Å². The van der Waals surface area contributed by atoms with Crippen molar-refractivity contribution >= 4 is 48.0 Å². The Labute approximate surface area is 155 Å². The van der Waals surface area contributed by atoms with E-state index < -0.39 is 0 Å². The van der Waals surface area contributed by atoms with E-state index in [2.05, 4.69) is 5.32 Å². The van der Waals surface area contributed by atoms with Crippen molar-refractivity contribution in [2.24, 2.45) is 5.92 Å². The lowest BCUT2D eigenvalue weighted by molar-refractivity contribution is -0.128. The van der Waals surface area contributed by atoms with Gasteiger partial charge >= 0.3 is 0 Å². The number of benzene rings is 1. The number of nitrogens with two attached hydrogens (primary N) is 1. The second-order valence-electron chi connectivity index (χ2n) is 6.11. The normalized spacial score (nSPS) is 16.6. The molecule has 2 rings (SSSR count). The van der Waals surface area contributed by atoms with Crippen molar-refractivity contribution in [2.45, 2.75) is 13.3 Å². The number of aryl methyl sites for hydroxylation is 1. The number of halogens is 2. The average Bonchev–Trinajstić information content (AvgIpc) is 2.82. The van der Waals surface area contributed by atoms with Crippen LogP contribution in [0.5, 0.6) is 0 Å². The smallest absolute Gasteiger partial charge is 0.229 e. The van der Waals surface area contributed by atoms with E-state index in [1.165, 1.54) is 0 Å². The molecule has 1 unspecified atom stereocenters. The van der Waals surface area contributed by atoms with Gasteiger partial charge in [-0.2, -0.15) is 0 Å². The van der Waals surface area contributed by atoms with Gasteiger partial charge in [0.25, 0.3) is 0 Å². The second-order valence-corrected chi connectivity index (χ2v) is 6.11. The average molecular weight is 377 g/mol. The SMILES string of the molecule is Cc1ccc(N)cc1NC(=O)C1CC(=O)N(CCN(C)C)C1.Cl.Cl. The maximum atomic E-state index is 12.4. The van der Waals surface area contributed by atoms with Crippen molar-refractivity contribution in [2.75, 3.05) is 44.8 Å². The van der Waals surface area contributed by atoms with Crippen LogP contribution in [0.1, 0.15) is 12.0 Å². The number of likely N-dealkylation sites (N-methyl/N-ethyl adjacent to an activating group) is 1. The molecule has 24 heavy (non-hydrogen) atoms. The minimum absolute atomic E-state index is 0. The molecule has 3 N–H and O–H groups in total. The highest BCUT2D eigenvalue weighted by Gasteiger charge is 2.34. The molecule has 0 saturated carbocycles. The highest BCUT2D eigenvalue weighted by molar-refractivity contribution is 5.98. The van der Waals surface area contributed by atoms with Crippen molar-refractivity contribution < 1.29 is 9.59 Å². The monoisotopic (exact) mass is 376 g/mol. The molecule has 6 nitrogen and oxygen atoms in total. The van der Waals surface area contributed by atoms with Crippen LogP contribution in [0.3, 0.4) is 0 Å². The number of carbonyl (C=O) groups is 2. The van der Waals surface area contributed by atoms with Crippen molar-refractivity contribution in [3.05, 3.63) is 23.8 Å². The lowest BCUT2D eigenvalue weighted by Gasteiger charge is -2.19. The minimum Gasteiger partial charge on any atom is -0.399 e. The van der Waals surface area contributed by atoms with Gasteiger partial charge in [-0.1, -0.05) is 6.07 Å². The number of nitrogens with one attached hydrogen (secondary N) is 1. The maximum absolute atomic E-state index is 12.4. The summed E-state index contributed by atoms with van der Waals surface area (Å²) in [7, 11) is 3.93. The summed E-state index contributed by atoms with van der Waals surface area (Å²) in [5, 5.41) is 2.89. The summed E-state index contributed by atoms with van der Waals surface area (Å²) in [6, 6.07) is 5.41. The van der Waals surface area contributed by atoms with Crippen LogP contribution in [-0.4, -0.2) is 55.3 Å². The Bertz CT molecular complexity index is 581. The first-order valence-electron chi connectivity index (χ1n) is 7.46. The van der Waals surface area contributed by atoms with E-state index in [4.69, 9.17) is 5.73 Å². The first-order chi connectivity index (χ1) is 10.4. The van der Waals surface area contributed by atoms with Crippen LogP contribution >= 0.6 is 24.8 Å². The van der Waals surface area contributed by atoms with Crippen LogP contribution < -0.4 is 11.1 Å². The van der Waals surface area contributed by atoms with E-state index in [1.54, 1.807) is 17.0 Å². The van der Waals surface area contributed by atoms with Crippen LogP contribution in [0.15, 0.2) is 18.2 Å². The van der Waals surface area contributed by atoms with Crippen molar-refractivity contribution in [1.29, 1.82) is 0 Å². The Hall–Kier alpha value is -1.50. The molecule has 0 radical (unpaired) electrons. The predicted molar refractivity (Wildman–Crippen MR) is 102 cm³/mol. The van der Waals surface area contributed by atoms with Gasteiger partial charge < -0.3 is 20.9 Å². The number of rotatable bonds is 5. The molecule has 1 aliphatic heterocycles. The number of amides is 2. The molecule has 1 saturated heterocycles. The van der Waals surface area contributed by atoms with Gasteiger partial charge in [0.15, 0.2) is 0 Å². The zero-order valence-electron chi connectivity index (χ0n) is 14.2. The highest BCUT2D eigenvalue weighted by Crippen LogP contribution is 2.22. The molecule has 1 aliphatic rings. The number of hydrogen-bond donors (Lipinski definition) is 2. The summed E-state index contributed by atoms with van der Waals surface area (Å²) in [6.45, 7) is 3.86. The Kier molecular flexibility index (Phi) is 9.11. The molecule has 0 aromatic heterocycles. The third kappa shape index (κ3) is 5.85. The fourth-order valence-corrected chi connectivity index (χ4v) is 2.49. The number of nitrogen functional groups attached to an aromatic ring is 1. The summed E-state index contributed by atoms with van der Waals surface area (Å²) >= 11 is 0. The Morgan fingerprint density at radius 1 is 1.38 bits per heavy atom.